The summed E-state index contributed by atoms with van der Waals surface area (Å²) in [5, 5.41) is 3.54. The van der Waals surface area contributed by atoms with Crippen molar-refractivity contribution < 1.29 is 0 Å². The second-order valence-corrected chi connectivity index (χ2v) is 4.58. The van der Waals surface area contributed by atoms with Gasteiger partial charge in [0.1, 0.15) is 5.82 Å². The molecule has 0 aliphatic rings. The summed E-state index contributed by atoms with van der Waals surface area (Å²) in [6.45, 7) is 7.46. The molecule has 1 aromatic carbocycles. The monoisotopic (exact) mass is 243 g/mol. The predicted molar refractivity (Wildman–Crippen MR) is 75.0 cm³/mol. The number of nitrogens with zero attached hydrogens (tertiary/aromatic N) is 2. The van der Waals surface area contributed by atoms with Gasteiger partial charge in [-0.3, -0.25) is 0 Å². The quantitative estimate of drug-likeness (QED) is 0.873. The van der Waals surface area contributed by atoms with Crippen molar-refractivity contribution in [2.24, 2.45) is 0 Å². The van der Waals surface area contributed by atoms with Gasteiger partial charge in [-0.25, -0.2) is 4.98 Å². The molecule has 0 aliphatic heterocycles. The summed E-state index contributed by atoms with van der Waals surface area (Å²) in [5.74, 6) is 1.02. The number of aromatic nitrogens is 2. The molecule has 1 aromatic heterocycles. The molecule has 0 bridgehead atoms. The fraction of sp³-hybridized carbons (Fsp3) is 0.400. The van der Waals surface area contributed by atoms with Crippen LogP contribution in [-0.4, -0.2) is 16.1 Å². The normalized spacial score (nSPS) is 12.6. The van der Waals surface area contributed by atoms with Crippen molar-refractivity contribution in [2.45, 2.75) is 33.2 Å². The third kappa shape index (κ3) is 2.62. The van der Waals surface area contributed by atoms with Gasteiger partial charge in [-0.2, -0.15) is 0 Å². The van der Waals surface area contributed by atoms with E-state index < -0.39 is 0 Å². The summed E-state index contributed by atoms with van der Waals surface area (Å²) < 4.78 is 2.14. The first kappa shape index (κ1) is 12.8. The van der Waals surface area contributed by atoms with Gasteiger partial charge in [0.2, 0.25) is 0 Å². The highest BCUT2D eigenvalue weighted by Gasteiger charge is 2.11. The van der Waals surface area contributed by atoms with E-state index in [1.54, 1.807) is 0 Å². The van der Waals surface area contributed by atoms with Crippen molar-refractivity contribution in [1.29, 1.82) is 0 Å². The summed E-state index contributed by atoms with van der Waals surface area (Å²) in [6.07, 6.45) is 5.01. The topological polar surface area (TPSA) is 29.9 Å². The third-order valence-electron chi connectivity index (χ3n) is 3.19. The van der Waals surface area contributed by atoms with Crippen LogP contribution in [0.15, 0.2) is 36.7 Å². The zero-order chi connectivity index (χ0) is 13.0. The zero-order valence-corrected chi connectivity index (χ0v) is 11.4. The maximum atomic E-state index is 4.30. The highest BCUT2D eigenvalue weighted by Crippen LogP contribution is 2.22. The minimum absolute atomic E-state index is 0.350. The van der Waals surface area contributed by atoms with Crippen LogP contribution < -0.4 is 5.32 Å². The summed E-state index contributed by atoms with van der Waals surface area (Å²) in [6, 6.07) is 8.85. The molecule has 1 N–H and O–H groups in total. The molecular weight excluding hydrogens is 222 g/mol. The summed E-state index contributed by atoms with van der Waals surface area (Å²) >= 11 is 0. The molecule has 96 valence electrons. The molecule has 0 aliphatic carbocycles. The highest BCUT2D eigenvalue weighted by molar-refractivity contribution is 5.43. The number of para-hydroxylation sites is 1. The van der Waals surface area contributed by atoms with Gasteiger partial charge in [0.25, 0.3) is 0 Å². The average molecular weight is 243 g/mol. The molecule has 1 unspecified atom stereocenters. The Hall–Kier alpha value is -1.61. The lowest BCUT2D eigenvalue weighted by Gasteiger charge is -2.18. The van der Waals surface area contributed by atoms with Crippen molar-refractivity contribution in [1.82, 2.24) is 14.9 Å². The molecule has 0 spiro atoms. The van der Waals surface area contributed by atoms with Gasteiger partial charge < -0.3 is 9.88 Å². The smallest absolute Gasteiger partial charge is 0.110 e. The van der Waals surface area contributed by atoms with Crippen LogP contribution >= 0.6 is 0 Å². The van der Waals surface area contributed by atoms with Crippen molar-refractivity contribution in [2.75, 3.05) is 6.54 Å². The Morgan fingerprint density at radius 1 is 1.33 bits per heavy atom. The minimum atomic E-state index is 0.350. The molecule has 0 saturated heterocycles. The summed E-state index contributed by atoms with van der Waals surface area (Å²) in [4.78, 5) is 4.30. The Balaban J connectivity index is 2.34. The van der Waals surface area contributed by atoms with Crippen molar-refractivity contribution in [3.63, 3.8) is 0 Å². The summed E-state index contributed by atoms with van der Waals surface area (Å²) in [5.41, 5.74) is 2.52. The lowest BCUT2D eigenvalue weighted by Crippen LogP contribution is -2.20. The Bertz CT molecular complexity index is 502. The molecule has 0 fully saturated rings. The van der Waals surface area contributed by atoms with E-state index in [4.69, 9.17) is 0 Å². The van der Waals surface area contributed by atoms with Crippen molar-refractivity contribution in [3.8, 4) is 5.69 Å². The molecule has 0 amide bonds. The molecule has 1 atom stereocenters. The van der Waals surface area contributed by atoms with Crippen LogP contribution in [0.25, 0.3) is 5.69 Å². The van der Waals surface area contributed by atoms with Crippen molar-refractivity contribution in [3.05, 3.63) is 48.0 Å². The van der Waals surface area contributed by atoms with E-state index in [9.17, 15) is 0 Å². The van der Waals surface area contributed by atoms with Gasteiger partial charge in [-0.1, -0.05) is 25.1 Å². The van der Waals surface area contributed by atoms with E-state index in [0.29, 0.717) is 6.04 Å². The zero-order valence-electron chi connectivity index (χ0n) is 11.4. The molecule has 1 heterocycles. The molecule has 0 radical (unpaired) electrons. The van der Waals surface area contributed by atoms with E-state index in [1.807, 2.05) is 19.3 Å². The Kier molecular flexibility index (Phi) is 4.15. The second-order valence-electron chi connectivity index (χ2n) is 4.58. The van der Waals surface area contributed by atoms with E-state index >= 15 is 0 Å². The van der Waals surface area contributed by atoms with Crippen molar-refractivity contribution >= 4 is 0 Å². The molecule has 3 nitrogen and oxygen atoms in total. The van der Waals surface area contributed by atoms with Gasteiger partial charge in [-0.05, 0) is 38.4 Å². The van der Waals surface area contributed by atoms with Gasteiger partial charge in [0.05, 0.1) is 5.69 Å². The SMILES string of the molecule is CCCNC(C)c1ccccc1-n1ccnc1C. The van der Waals surface area contributed by atoms with Crippen LogP contribution in [0, 0.1) is 6.92 Å². The van der Waals surface area contributed by atoms with Crippen LogP contribution in [0.5, 0.6) is 0 Å². The van der Waals surface area contributed by atoms with E-state index in [2.05, 4.69) is 53.0 Å². The maximum Gasteiger partial charge on any atom is 0.110 e. The van der Waals surface area contributed by atoms with Crippen LogP contribution in [0.4, 0.5) is 0 Å². The number of hydrogen-bond donors (Lipinski definition) is 1. The first-order chi connectivity index (χ1) is 8.74. The van der Waals surface area contributed by atoms with Crippen LogP contribution in [0.2, 0.25) is 0 Å². The predicted octanol–water partition coefficient (Wildman–Crippen LogP) is 3.24. The maximum absolute atomic E-state index is 4.30. The number of rotatable bonds is 5. The number of imidazole rings is 1. The minimum Gasteiger partial charge on any atom is -0.310 e. The Morgan fingerprint density at radius 2 is 2.11 bits per heavy atom. The second kappa shape index (κ2) is 5.83. The fourth-order valence-electron chi connectivity index (χ4n) is 2.18. The standard InChI is InChI=1S/C15H21N3/c1-4-9-16-12(2)14-7-5-6-8-15(14)18-11-10-17-13(18)3/h5-8,10-12,16H,4,9H2,1-3H3. The largest absolute Gasteiger partial charge is 0.310 e. The van der Waals surface area contributed by atoms with Gasteiger partial charge in [0, 0.05) is 18.4 Å². The highest BCUT2D eigenvalue weighted by atomic mass is 15.1. The van der Waals surface area contributed by atoms with Crippen LogP contribution in [-0.2, 0) is 0 Å². The van der Waals surface area contributed by atoms with Crippen LogP contribution in [0.3, 0.4) is 0 Å². The van der Waals surface area contributed by atoms with Gasteiger partial charge >= 0.3 is 0 Å². The molecule has 2 rings (SSSR count). The van der Waals surface area contributed by atoms with Crippen LogP contribution in [0.1, 0.15) is 37.7 Å². The summed E-state index contributed by atoms with van der Waals surface area (Å²) in [7, 11) is 0. The van der Waals surface area contributed by atoms with E-state index in [1.165, 1.54) is 11.3 Å². The molecule has 2 aromatic rings. The van der Waals surface area contributed by atoms with E-state index in [-0.39, 0.29) is 0 Å². The Morgan fingerprint density at radius 3 is 2.78 bits per heavy atom. The lowest BCUT2D eigenvalue weighted by molar-refractivity contribution is 0.568. The van der Waals surface area contributed by atoms with Gasteiger partial charge in [0.15, 0.2) is 0 Å². The number of hydrogen-bond acceptors (Lipinski definition) is 2. The molecule has 0 saturated carbocycles. The molecule has 3 heteroatoms. The third-order valence-corrected chi connectivity index (χ3v) is 3.19. The van der Waals surface area contributed by atoms with Gasteiger partial charge in [-0.15, -0.1) is 0 Å². The fourth-order valence-corrected chi connectivity index (χ4v) is 2.18. The first-order valence-electron chi connectivity index (χ1n) is 6.56. The number of benzene rings is 1. The molecular formula is C15H21N3. The van der Waals surface area contributed by atoms with E-state index in [0.717, 1.165) is 18.8 Å². The number of aryl methyl sites for hydroxylation is 1. The number of nitrogens with one attached hydrogen (secondary N) is 1. The average Bonchev–Trinajstić information content (AvgIpc) is 2.82. The molecule has 18 heavy (non-hydrogen) atoms. The first-order valence-corrected chi connectivity index (χ1v) is 6.56. The Labute approximate surface area is 109 Å². The lowest BCUT2D eigenvalue weighted by atomic mass is 10.1.